The lowest BCUT2D eigenvalue weighted by Crippen LogP contribution is -2.23. The van der Waals surface area contributed by atoms with Crippen LogP contribution < -0.4 is 5.32 Å². The lowest BCUT2D eigenvalue weighted by molar-refractivity contribution is 0.102. The molecule has 1 aromatic carbocycles. The molecule has 3 rings (SSSR count). The highest BCUT2D eigenvalue weighted by molar-refractivity contribution is 6.03. The maximum absolute atomic E-state index is 12.9. The number of aromatic amines is 1. The lowest BCUT2D eigenvalue weighted by Gasteiger charge is -2.26. The number of hydrogen-bond acceptors (Lipinski definition) is 2. The van der Waals surface area contributed by atoms with Crippen LogP contribution in [0.25, 0.3) is 0 Å². The minimum Gasteiger partial charge on any atom is -0.378 e. The molecular weight excluding hydrogens is 293 g/mol. The number of nitrogens with one attached hydrogen (secondary N) is 2. The number of carbonyl (C=O) groups is 1. The molecule has 5 heteroatoms. The van der Waals surface area contributed by atoms with E-state index in [1.54, 1.807) is 0 Å². The Hall–Kier alpha value is -2.56. The van der Waals surface area contributed by atoms with Gasteiger partial charge in [0, 0.05) is 30.8 Å². The van der Waals surface area contributed by atoms with Gasteiger partial charge in [-0.1, -0.05) is 6.08 Å². The Morgan fingerprint density at radius 3 is 2.83 bits per heavy atom. The summed E-state index contributed by atoms with van der Waals surface area (Å²) in [5, 5.41) is 2.81. The first kappa shape index (κ1) is 15.3. The second-order valence-corrected chi connectivity index (χ2v) is 5.67. The minimum absolute atomic E-state index is 0.255. The van der Waals surface area contributed by atoms with E-state index < -0.39 is 0 Å². The molecular formula is C18H20FN3O. The van der Waals surface area contributed by atoms with Crippen LogP contribution in [0, 0.1) is 5.82 Å². The van der Waals surface area contributed by atoms with Gasteiger partial charge in [-0.3, -0.25) is 4.79 Å². The highest BCUT2D eigenvalue weighted by Crippen LogP contribution is 2.27. The number of anilines is 1. The fraction of sp³-hybridized carbons (Fsp3) is 0.278. The first-order valence-electron chi connectivity index (χ1n) is 7.83. The summed E-state index contributed by atoms with van der Waals surface area (Å²) in [4.78, 5) is 17.5. The minimum atomic E-state index is -0.353. The predicted molar refractivity (Wildman–Crippen MR) is 88.9 cm³/mol. The molecule has 0 bridgehead atoms. The van der Waals surface area contributed by atoms with Gasteiger partial charge in [0.1, 0.15) is 11.6 Å². The van der Waals surface area contributed by atoms with Crippen LogP contribution in [0.3, 0.4) is 0 Å². The highest BCUT2D eigenvalue weighted by atomic mass is 19.1. The first-order valence-corrected chi connectivity index (χ1v) is 7.83. The summed E-state index contributed by atoms with van der Waals surface area (Å²) < 4.78 is 12.9. The average molecular weight is 313 g/mol. The van der Waals surface area contributed by atoms with Crippen molar-refractivity contribution < 1.29 is 9.18 Å². The number of H-pyrrole nitrogens is 1. The Labute approximate surface area is 135 Å². The zero-order valence-electron chi connectivity index (χ0n) is 13.1. The molecule has 0 saturated carbocycles. The molecule has 0 saturated heterocycles. The van der Waals surface area contributed by atoms with Gasteiger partial charge < -0.3 is 15.2 Å². The van der Waals surface area contributed by atoms with E-state index >= 15 is 0 Å². The van der Waals surface area contributed by atoms with Gasteiger partial charge in [0.15, 0.2) is 0 Å². The molecule has 23 heavy (non-hydrogen) atoms. The summed E-state index contributed by atoms with van der Waals surface area (Å²) >= 11 is 0. The monoisotopic (exact) mass is 313 g/mol. The van der Waals surface area contributed by atoms with Gasteiger partial charge in [0.25, 0.3) is 5.91 Å². The van der Waals surface area contributed by atoms with Crippen LogP contribution in [0.5, 0.6) is 0 Å². The van der Waals surface area contributed by atoms with E-state index in [2.05, 4.69) is 34.4 Å². The number of carbonyl (C=O) groups excluding carboxylic acids is 1. The number of halogens is 1. The van der Waals surface area contributed by atoms with Crippen molar-refractivity contribution in [2.75, 3.05) is 18.4 Å². The highest BCUT2D eigenvalue weighted by Gasteiger charge is 2.16. The van der Waals surface area contributed by atoms with Crippen molar-refractivity contribution in [2.45, 2.75) is 19.3 Å². The van der Waals surface area contributed by atoms with Gasteiger partial charge in [0.05, 0.1) is 0 Å². The molecule has 1 aromatic heterocycles. The largest absolute Gasteiger partial charge is 0.378 e. The number of rotatable bonds is 4. The third kappa shape index (κ3) is 3.62. The molecule has 0 aliphatic carbocycles. The molecule has 0 spiro atoms. The normalized spacial score (nSPS) is 17.3. The van der Waals surface area contributed by atoms with E-state index in [1.165, 1.54) is 24.3 Å². The van der Waals surface area contributed by atoms with Crippen LogP contribution in [0.15, 0.2) is 48.8 Å². The van der Waals surface area contributed by atoms with Gasteiger partial charge >= 0.3 is 0 Å². The Bertz CT molecular complexity index is 705. The predicted octanol–water partition coefficient (Wildman–Crippen LogP) is 3.73. The van der Waals surface area contributed by atoms with Crippen LogP contribution in [0.1, 0.15) is 35.2 Å². The Kier molecular flexibility index (Phi) is 4.46. The first-order chi connectivity index (χ1) is 11.2. The van der Waals surface area contributed by atoms with Crippen LogP contribution in [-0.2, 0) is 0 Å². The molecule has 1 aliphatic rings. The summed E-state index contributed by atoms with van der Waals surface area (Å²) in [6.07, 6.45) is 7.32. The number of amides is 1. The summed E-state index contributed by atoms with van der Waals surface area (Å²) in [5.41, 5.74) is 1.59. The summed E-state index contributed by atoms with van der Waals surface area (Å²) in [6, 6.07) is 7.45. The molecule has 1 aliphatic heterocycles. The second-order valence-electron chi connectivity index (χ2n) is 5.67. The van der Waals surface area contributed by atoms with E-state index in [-0.39, 0.29) is 11.7 Å². The fourth-order valence-electron chi connectivity index (χ4n) is 2.74. The number of nitrogens with zero attached hydrogens (tertiary/aromatic N) is 1. The van der Waals surface area contributed by atoms with Gasteiger partial charge in [-0.15, -0.1) is 0 Å². The third-order valence-electron chi connectivity index (χ3n) is 4.15. The van der Waals surface area contributed by atoms with Crippen molar-refractivity contribution in [3.8, 4) is 0 Å². The summed E-state index contributed by atoms with van der Waals surface area (Å²) in [5.74, 6) is 0.412. The average Bonchev–Trinajstić information content (AvgIpc) is 3.04. The Balaban J connectivity index is 1.65. The van der Waals surface area contributed by atoms with E-state index in [1.807, 2.05) is 12.3 Å². The van der Waals surface area contributed by atoms with Crippen molar-refractivity contribution in [3.05, 3.63) is 65.7 Å². The molecule has 0 fully saturated rings. The zero-order valence-corrected chi connectivity index (χ0v) is 13.1. The Morgan fingerprint density at radius 2 is 2.17 bits per heavy atom. The molecule has 4 nitrogen and oxygen atoms in total. The molecule has 120 valence electrons. The number of allylic oxidation sites excluding steroid dienone is 1. The zero-order chi connectivity index (χ0) is 16.2. The summed E-state index contributed by atoms with van der Waals surface area (Å²) in [6.45, 7) is 4.21. The van der Waals surface area contributed by atoms with Crippen LogP contribution in [-0.4, -0.2) is 28.9 Å². The van der Waals surface area contributed by atoms with Crippen molar-refractivity contribution in [2.24, 2.45) is 0 Å². The van der Waals surface area contributed by atoms with Gasteiger partial charge in [-0.2, -0.15) is 0 Å². The second kappa shape index (κ2) is 6.69. The molecule has 2 N–H and O–H groups in total. The Morgan fingerprint density at radius 1 is 1.39 bits per heavy atom. The van der Waals surface area contributed by atoms with E-state index in [4.69, 9.17) is 0 Å². The van der Waals surface area contributed by atoms with Crippen LogP contribution >= 0.6 is 0 Å². The third-order valence-corrected chi connectivity index (χ3v) is 4.15. The van der Waals surface area contributed by atoms with E-state index in [0.717, 1.165) is 25.1 Å². The van der Waals surface area contributed by atoms with Gasteiger partial charge in [-0.05, 0) is 55.4 Å². The van der Waals surface area contributed by atoms with Gasteiger partial charge in [-0.25, -0.2) is 4.39 Å². The molecule has 1 atom stereocenters. The standard InChI is InChI=1S/C18H20FN3O/c1-2-22-9-7-13(8-10-22)15-11-17(20-12-15)21-18(23)14-3-5-16(19)6-4-14/h3-7,9,11-13,20H,2,8,10H2,1H3,(H,21,23). The van der Waals surface area contributed by atoms with Crippen molar-refractivity contribution >= 4 is 11.7 Å². The van der Waals surface area contributed by atoms with Crippen molar-refractivity contribution in [1.82, 2.24) is 9.88 Å². The number of benzene rings is 1. The number of aromatic nitrogens is 1. The number of hydrogen-bond donors (Lipinski definition) is 2. The molecule has 2 aromatic rings. The summed E-state index contributed by atoms with van der Waals surface area (Å²) in [7, 11) is 0. The maximum atomic E-state index is 12.9. The van der Waals surface area contributed by atoms with Crippen molar-refractivity contribution in [3.63, 3.8) is 0 Å². The topological polar surface area (TPSA) is 48.1 Å². The van der Waals surface area contributed by atoms with Gasteiger partial charge in [0.2, 0.25) is 0 Å². The molecule has 2 heterocycles. The quantitative estimate of drug-likeness (QED) is 0.903. The lowest BCUT2D eigenvalue weighted by atomic mass is 9.96. The van der Waals surface area contributed by atoms with Crippen LogP contribution in [0.4, 0.5) is 10.2 Å². The molecule has 0 radical (unpaired) electrons. The fourth-order valence-corrected chi connectivity index (χ4v) is 2.74. The molecule has 1 unspecified atom stereocenters. The smallest absolute Gasteiger partial charge is 0.256 e. The van der Waals surface area contributed by atoms with Crippen molar-refractivity contribution in [1.29, 1.82) is 0 Å². The van der Waals surface area contributed by atoms with E-state index in [9.17, 15) is 9.18 Å². The van der Waals surface area contributed by atoms with E-state index in [0.29, 0.717) is 17.3 Å². The SMILES string of the molecule is CCN1C=CC(c2c[nH]c(NC(=O)c3ccc(F)cc3)c2)CC1. The van der Waals surface area contributed by atoms with Crippen LogP contribution in [0.2, 0.25) is 0 Å². The molecule has 1 amide bonds. The maximum Gasteiger partial charge on any atom is 0.256 e.